The molecule has 1 aliphatic rings. The molecule has 0 spiro atoms. The van der Waals surface area contributed by atoms with E-state index in [9.17, 15) is 0 Å². The molecule has 2 unspecified atom stereocenters. The molecule has 1 aromatic carbocycles. The third kappa shape index (κ3) is 1.97. The van der Waals surface area contributed by atoms with Crippen LogP contribution in [0.5, 0.6) is 0 Å². The lowest BCUT2D eigenvalue weighted by Crippen LogP contribution is -2.20. The molecule has 0 bridgehead atoms. The molecule has 0 saturated heterocycles. The van der Waals surface area contributed by atoms with Gasteiger partial charge in [0.25, 0.3) is 0 Å². The number of rotatable bonds is 3. The smallest absolute Gasteiger partial charge is 0.120 e. The Morgan fingerprint density at radius 2 is 2.18 bits per heavy atom. The fourth-order valence-corrected chi connectivity index (χ4v) is 2.48. The molecule has 1 aromatic heterocycles. The molecule has 2 aromatic rings. The molecule has 1 aliphatic carbocycles. The number of nitrogens with two attached hydrogens (primary N) is 1. The minimum Gasteiger partial charge on any atom is -0.348 e. The van der Waals surface area contributed by atoms with Gasteiger partial charge in [-0.3, -0.25) is 0 Å². The summed E-state index contributed by atoms with van der Waals surface area (Å²) in [5.74, 6) is 0.961. The third-order valence-electron chi connectivity index (χ3n) is 3.33. The molecular formula is C13H16N4. The van der Waals surface area contributed by atoms with Crippen molar-refractivity contribution >= 4 is 0 Å². The van der Waals surface area contributed by atoms with E-state index in [4.69, 9.17) is 5.73 Å². The van der Waals surface area contributed by atoms with Crippen LogP contribution in [0.4, 0.5) is 0 Å². The highest BCUT2D eigenvalue weighted by Gasteiger charge is 2.27. The summed E-state index contributed by atoms with van der Waals surface area (Å²) in [6.07, 6.45) is 4.57. The van der Waals surface area contributed by atoms with Crippen molar-refractivity contribution < 1.29 is 0 Å². The van der Waals surface area contributed by atoms with Gasteiger partial charge in [0, 0.05) is 24.5 Å². The van der Waals surface area contributed by atoms with Crippen molar-refractivity contribution in [3.05, 3.63) is 53.6 Å². The van der Waals surface area contributed by atoms with Crippen molar-refractivity contribution in [3.8, 4) is 0 Å². The lowest BCUT2D eigenvalue weighted by Gasteiger charge is -2.12. The Morgan fingerprint density at radius 3 is 2.94 bits per heavy atom. The normalized spacial score (nSPS) is 22.6. The lowest BCUT2D eigenvalue weighted by molar-refractivity contribution is 0.491. The molecule has 4 N–H and O–H groups in total. The number of hydrogen-bond donors (Lipinski definition) is 3. The molecule has 4 nitrogen and oxygen atoms in total. The molecule has 0 saturated carbocycles. The number of benzene rings is 1. The van der Waals surface area contributed by atoms with Gasteiger partial charge in [-0.15, -0.1) is 0 Å². The molecule has 2 atom stereocenters. The van der Waals surface area contributed by atoms with Gasteiger partial charge in [-0.25, -0.2) is 4.98 Å². The van der Waals surface area contributed by atoms with Crippen LogP contribution in [0.3, 0.4) is 0 Å². The molecule has 4 heteroatoms. The molecule has 0 aliphatic heterocycles. The summed E-state index contributed by atoms with van der Waals surface area (Å²) in [5.41, 5.74) is 8.72. The first-order chi connectivity index (χ1) is 8.34. The van der Waals surface area contributed by atoms with Crippen LogP contribution >= 0.6 is 0 Å². The number of nitrogens with one attached hydrogen (secondary N) is 2. The molecule has 3 rings (SSSR count). The van der Waals surface area contributed by atoms with Gasteiger partial charge in [-0.1, -0.05) is 24.3 Å². The predicted octanol–water partition coefficient (Wildman–Crippen LogP) is 1.64. The number of hydrogen-bond acceptors (Lipinski definition) is 3. The Balaban J connectivity index is 1.73. The fraction of sp³-hybridized carbons (Fsp3) is 0.308. The average molecular weight is 228 g/mol. The van der Waals surface area contributed by atoms with Gasteiger partial charge in [0.2, 0.25) is 0 Å². The summed E-state index contributed by atoms with van der Waals surface area (Å²) in [7, 11) is 0. The minimum absolute atomic E-state index is 0.153. The number of imidazole rings is 1. The SMILES string of the molecule is NC1CC(NCc2ncc[nH]2)c2ccccc21. The molecule has 1 heterocycles. The van der Waals surface area contributed by atoms with E-state index in [1.165, 1.54) is 11.1 Å². The van der Waals surface area contributed by atoms with E-state index in [0.717, 1.165) is 18.8 Å². The van der Waals surface area contributed by atoms with Gasteiger partial charge in [0.05, 0.1) is 6.54 Å². The zero-order chi connectivity index (χ0) is 11.7. The van der Waals surface area contributed by atoms with Crippen molar-refractivity contribution in [2.75, 3.05) is 0 Å². The first-order valence-electron chi connectivity index (χ1n) is 5.90. The molecular weight excluding hydrogens is 212 g/mol. The second-order valence-corrected chi connectivity index (χ2v) is 4.44. The Labute approximate surface area is 100 Å². The maximum absolute atomic E-state index is 6.12. The summed E-state index contributed by atoms with van der Waals surface area (Å²) in [6.45, 7) is 0.749. The summed E-state index contributed by atoms with van der Waals surface area (Å²) in [4.78, 5) is 7.29. The lowest BCUT2D eigenvalue weighted by atomic mass is 10.1. The monoisotopic (exact) mass is 228 g/mol. The second kappa shape index (κ2) is 4.31. The number of fused-ring (bicyclic) bond motifs is 1. The van der Waals surface area contributed by atoms with Crippen molar-refractivity contribution in [1.82, 2.24) is 15.3 Å². The van der Waals surface area contributed by atoms with Gasteiger partial charge in [0.15, 0.2) is 0 Å². The van der Waals surface area contributed by atoms with Crippen LogP contribution in [0.25, 0.3) is 0 Å². The summed E-state index contributed by atoms with van der Waals surface area (Å²) in [6, 6.07) is 8.88. The number of aromatic nitrogens is 2. The molecule has 0 radical (unpaired) electrons. The Kier molecular flexibility index (Phi) is 2.66. The van der Waals surface area contributed by atoms with Crippen LogP contribution in [0.2, 0.25) is 0 Å². The van der Waals surface area contributed by atoms with Gasteiger partial charge in [0.1, 0.15) is 5.82 Å². The van der Waals surface area contributed by atoms with E-state index in [2.05, 4.69) is 33.5 Å². The Hall–Kier alpha value is -1.65. The van der Waals surface area contributed by atoms with E-state index in [-0.39, 0.29) is 6.04 Å². The van der Waals surface area contributed by atoms with Gasteiger partial charge in [-0.05, 0) is 17.5 Å². The number of nitrogens with zero attached hydrogens (tertiary/aromatic N) is 1. The first-order valence-corrected chi connectivity index (χ1v) is 5.90. The van der Waals surface area contributed by atoms with E-state index < -0.39 is 0 Å². The summed E-state index contributed by atoms with van der Waals surface area (Å²) in [5, 5.41) is 3.50. The highest BCUT2D eigenvalue weighted by atomic mass is 15.0. The largest absolute Gasteiger partial charge is 0.348 e. The van der Waals surface area contributed by atoms with Gasteiger partial charge >= 0.3 is 0 Å². The predicted molar refractivity (Wildman–Crippen MR) is 66.2 cm³/mol. The topological polar surface area (TPSA) is 66.7 Å². The van der Waals surface area contributed by atoms with Crippen LogP contribution < -0.4 is 11.1 Å². The summed E-state index contributed by atoms with van der Waals surface area (Å²) < 4.78 is 0. The highest BCUT2D eigenvalue weighted by molar-refractivity contribution is 5.37. The average Bonchev–Trinajstić information content (AvgIpc) is 2.96. The van der Waals surface area contributed by atoms with Crippen molar-refractivity contribution in [2.45, 2.75) is 25.0 Å². The fourth-order valence-electron chi connectivity index (χ4n) is 2.48. The zero-order valence-electron chi connectivity index (χ0n) is 9.56. The Bertz CT molecular complexity index is 492. The number of H-pyrrole nitrogens is 1. The first kappa shape index (κ1) is 10.5. The molecule has 0 fully saturated rings. The molecule has 17 heavy (non-hydrogen) atoms. The maximum atomic E-state index is 6.12. The van der Waals surface area contributed by atoms with E-state index >= 15 is 0 Å². The summed E-state index contributed by atoms with van der Waals surface area (Å²) >= 11 is 0. The van der Waals surface area contributed by atoms with Gasteiger partial charge in [-0.2, -0.15) is 0 Å². The zero-order valence-corrected chi connectivity index (χ0v) is 9.56. The van der Waals surface area contributed by atoms with Gasteiger partial charge < -0.3 is 16.0 Å². The Morgan fingerprint density at radius 1 is 1.35 bits per heavy atom. The second-order valence-electron chi connectivity index (χ2n) is 4.44. The maximum Gasteiger partial charge on any atom is 0.120 e. The molecule has 88 valence electrons. The number of aromatic amines is 1. The third-order valence-corrected chi connectivity index (χ3v) is 3.33. The quantitative estimate of drug-likeness (QED) is 0.748. The van der Waals surface area contributed by atoms with E-state index in [1.807, 2.05) is 12.3 Å². The van der Waals surface area contributed by atoms with Crippen molar-refractivity contribution in [1.29, 1.82) is 0 Å². The highest BCUT2D eigenvalue weighted by Crippen LogP contribution is 2.36. The van der Waals surface area contributed by atoms with E-state index in [1.54, 1.807) is 6.20 Å². The molecule has 0 amide bonds. The van der Waals surface area contributed by atoms with Crippen LogP contribution in [0.15, 0.2) is 36.7 Å². The van der Waals surface area contributed by atoms with Crippen LogP contribution in [-0.4, -0.2) is 9.97 Å². The minimum atomic E-state index is 0.153. The van der Waals surface area contributed by atoms with Crippen LogP contribution in [0.1, 0.15) is 35.5 Å². The van der Waals surface area contributed by atoms with Crippen molar-refractivity contribution in [2.24, 2.45) is 5.73 Å². The van der Waals surface area contributed by atoms with E-state index in [0.29, 0.717) is 6.04 Å². The van der Waals surface area contributed by atoms with Crippen LogP contribution in [0, 0.1) is 0 Å². The standard InChI is InChI=1S/C13H16N4/c14-11-7-12(10-4-2-1-3-9(10)11)17-8-13-15-5-6-16-13/h1-6,11-12,17H,7-8,14H2,(H,15,16). The van der Waals surface area contributed by atoms with Crippen LogP contribution in [-0.2, 0) is 6.54 Å². The van der Waals surface area contributed by atoms with Crippen molar-refractivity contribution in [3.63, 3.8) is 0 Å².